The second-order valence-electron chi connectivity index (χ2n) is 7.57. The maximum absolute atomic E-state index is 12.9. The Morgan fingerprint density at radius 2 is 1.69 bits per heavy atom. The van der Waals surface area contributed by atoms with E-state index in [1.54, 1.807) is 6.07 Å². The summed E-state index contributed by atoms with van der Waals surface area (Å²) in [6.07, 6.45) is 0. The number of hydrogen-bond donors (Lipinski definition) is 2. The SMILES string of the molecule is COc1cc2[nH]c(N(C)Cc3cccc(CN(C)CCO)c3)nc(=O)c2c(OC)c1OC. The van der Waals surface area contributed by atoms with Gasteiger partial charge in [-0.3, -0.25) is 9.69 Å². The van der Waals surface area contributed by atoms with Crippen molar-refractivity contribution >= 4 is 16.9 Å². The Morgan fingerprint density at radius 1 is 1.00 bits per heavy atom. The van der Waals surface area contributed by atoms with E-state index >= 15 is 0 Å². The Balaban J connectivity index is 1.92. The third-order valence-electron chi connectivity index (χ3n) is 5.20. The van der Waals surface area contributed by atoms with Crippen LogP contribution in [0.4, 0.5) is 5.95 Å². The van der Waals surface area contributed by atoms with E-state index in [2.05, 4.69) is 27.0 Å². The number of nitrogens with zero attached hydrogens (tertiary/aromatic N) is 3. The molecule has 0 aliphatic rings. The molecule has 1 aromatic heterocycles. The number of fused-ring (bicyclic) bond motifs is 1. The molecule has 3 rings (SSSR count). The number of likely N-dealkylation sites (N-methyl/N-ethyl adjacent to an activating group) is 1. The highest BCUT2D eigenvalue weighted by Crippen LogP contribution is 2.41. The topological polar surface area (TPSA) is 100 Å². The molecule has 0 radical (unpaired) electrons. The average Bonchev–Trinajstić information content (AvgIpc) is 2.77. The number of nitrogens with one attached hydrogen (secondary N) is 1. The number of anilines is 1. The van der Waals surface area contributed by atoms with Crippen LogP contribution < -0.4 is 24.7 Å². The summed E-state index contributed by atoms with van der Waals surface area (Å²) in [5, 5.41) is 9.40. The molecule has 0 atom stereocenters. The highest BCUT2D eigenvalue weighted by molar-refractivity contribution is 5.90. The number of aromatic nitrogens is 2. The highest BCUT2D eigenvalue weighted by Gasteiger charge is 2.20. The summed E-state index contributed by atoms with van der Waals surface area (Å²) in [7, 11) is 8.33. The molecule has 9 heteroatoms. The Labute approximate surface area is 187 Å². The van der Waals surface area contributed by atoms with Gasteiger partial charge in [0.15, 0.2) is 11.5 Å². The molecule has 0 aliphatic carbocycles. The molecule has 9 nitrogen and oxygen atoms in total. The van der Waals surface area contributed by atoms with Gasteiger partial charge in [-0.15, -0.1) is 0 Å². The first-order valence-corrected chi connectivity index (χ1v) is 10.2. The van der Waals surface area contributed by atoms with Crippen molar-refractivity contribution in [1.29, 1.82) is 0 Å². The molecule has 0 saturated heterocycles. The molecular formula is C23H30N4O5. The number of ether oxygens (including phenoxy) is 3. The number of methoxy groups -OCH3 is 3. The van der Waals surface area contributed by atoms with Crippen LogP contribution in [0.1, 0.15) is 11.1 Å². The second-order valence-corrected chi connectivity index (χ2v) is 7.57. The monoisotopic (exact) mass is 442 g/mol. The Morgan fingerprint density at radius 3 is 2.31 bits per heavy atom. The molecule has 2 aromatic carbocycles. The van der Waals surface area contributed by atoms with E-state index in [1.165, 1.54) is 21.3 Å². The molecule has 2 N–H and O–H groups in total. The van der Waals surface area contributed by atoms with Gasteiger partial charge in [0, 0.05) is 32.7 Å². The minimum atomic E-state index is -0.419. The summed E-state index contributed by atoms with van der Waals surface area (Å²) in [5.41, 5.74) is 2.35. The summed E-state index contributed by atoms with van der Waals surface area (Å²) in [4.78, 5) is 24.3. The Hall–Kier alpha value is -3.30. The predicted molar refractivity (Wildman–Crippen MR) is 124 cm³/mol. The van der Waals surface area contributed by atoms with Crippen LogP contribution in [0.15, 0.2) is 35.1 Å². The van der Waals surface area contributed by atoms with Crippen LogP contribution in [0.25, 0.3) is 10.9 Å². The fourth-order valence-corrected chi connectivity index (χ4v) is 3.68. The maximum atomic E-state index is 12.9. The second kappa shape index (κ2) is 10.3. The van der Waals surface area contributed by atoms with E-state index < -0.39 is 5.56 Å². The van der Waals surface area contributed by atoms with Crippen molar-refractivity contribution in [3.8, 4) is 17.2 Å². The lowest BCUT2D eigenvalue weighted by atomic mass is 10.1. The summed E-state index contributed by atoms with van der Waals surface area (Å²) in [6, 6.07) is 9.90. The molecule has 0 unspecified atom stereocenters. The summed E-state index contributed by atoms with van der Waals surface area (Å²) >= 11 is 0. The third kappa shape index (κ3) is 4.95. The lowest BCUT2D eigenvalue weighted by Crippen LogP contribution is -2.24. The van der Waals surface area contributed by atoms with Gasteiger partial charge in [0.1, 0.15) is 5.39 Å². The normalized spacial score (nSPS) is 11.1. The smallest absolute Gasteiger partial charge is 0.286 e. The van der Waals surface area contributed by atoms with E-state index in [-0.39, 0.29) is 12.4 Å². The number of aliphatic hydroxyl groups is 1. The molecule has 0 fully saturated rings. The van der Waals surface area contributed by atoms with E-state index in [0.29, 0.717) is 41.4 Å². The van der Waals surface area contributed by atoms with Crippen molar-refractivity contribution in [1.82, 2.24) is 14.9 Å². The molecule has 0 spiro atoms. The lowest BCUT2D eigenvalue weighted by Gasteiger charge is -2.20. The van der Waals surface area contributed by atoms with Crippen LogP contribution in [0.2, 0.25) is 0 Å². The first kappa shape index (κ1) is 23.4. The van der Waals surface area contributed by atoms with Crippen molar-refractivity contribution in [2.24, 2.45) is 0 Å². The van der Waals surface area contributed by atoms with Gasteiger partial charge < -0.3 is 29.2 Å². The van der Waals surface area contributed by atoms with Gasteiger partial charge in [0.25, 0.3) is 5.56 Å². The van der Waals surface area contributed by atoms with Gasteiger partial charge in [-0.1, -0.05) is 24.3 Å². The van der Waals surface area contributed by atoms with Crippen LogP contribution in [0, 0.1) is 0 Å². The molecule has 1 heterocycles. The van der Waals surface area contributed by atoms with E-state index in [0.717, 1.165) is 17.7 Å². The minimum Gasteiger partial charge on any atom is -0.493 e. The molecule has 32 heavy (non-hydrogen) atoms. The van der Waals surface area contributed by atoms with E-state index in [4.69, 9.17) is 19.3 Å². The quantitative estimate of drug-likeness (QED) is 0.492. The van der Waals surface area contributed by atoms with Gasteiger partial charge in [0.2, 0.25) is 11.7 Å². The zero-order valence-electron chi connectivity index (χ0n) is 19.1. The minimum absolute atomic E-state index is 0.126. The van der Waals surface area contributed by atoms with Crippen molar-refractivity contribution < 1.29 is 19.3 Å². The van der Waals surface area contributed by atoms with Gasteiger partial charge in [-0.05, 0) is 18.2 Å². The van der Waals surface area contributed by atoms with E-state index in [1.807, 2.05) is 31.1 Å². The molecular weight excluding hydrogens is 412 g/mol. The van der Waals surface area contributed by atoms with Crippen molar-refractivity contribution in [3.05, 3.63) is 51.8 Å². The lowest BCUT2D eigenvalue weighted by molar-refractivity contribution is 0.217. The number of aromatic amines is 1. The molecule has 0 aliphatic heterocycles. The largest absolute Gasteiger partial charge is 0.493 e. The maximum Gasteiger partial charge on any atom is 0.286 e. The van der Waals surface area contributed by atoms with Crippen molar-refractivity contribution in [3.63, 3.8) is 0 Å². The van der Waals surface area contributed by atoms with Crippen LogP contribution >= 0.6 is 0 Å². The van der Waals surface area contributed by atoms with Gasteiger partial charge in [0.05, 0.1) is 33.5 Å². The van der Waals surface area contributed by atoms with Crippen molar-refractivity contribution in [2.45, 2.75) is 13.1 Å². The van der Waals surface area contributed by atoms with E-state index in [9.17, 15) is 4.79 Å². The Kier molecular flexibility index (Phi) is 7.55. The van der Waals surface area contributed by atoms with Crippen LogP contribution in [0.5, 0.6) is 17.2 Å². The average molecular weight is 443 g/mol. The number of H-pyrrole nitrogens is 1. The molecule has 172 valence electrons. The van der Waals surface area contributed by atoms with Crippen LogP contribution in [-0.2, 0) is 13.1 Å². The number of rotatable bonds is 10. The predicted octanol–water partition coefficient (Wildman–Crippen LogP) is 2.01. The number of aliphatic hydroxyl groups excluding tert-OH is 1. The van der Waals surface area contributed by atoms with Gasteiger partial charge in [-0.2, -0.15) is 4.98 Å². The fourth-order valence-electron chi connectivity index (χ4n) is 3.68. The first-order chi connectivity index (χ1) is 15.4. The summed E-state index contributed by atoms with van der Waals surface area (Å²) < 4.78 is 16.2. The molecule has 0 bridgehead atoms. The Bertz CT molecular complexity index is 1130. The highest BCUT2D eigenvalue weighted by atomic mass is 16.5. The first-order valence-electron chi connectivity index (χ1n) is 10.2. The molecule has 0 amide bonds. The molecule has 3 aromatic rings. The standard InChI is InChI=1S/C23H30N4O5/c1-26(9-10-28)13-15-7-6-8-16(11-15)14-27(2)23-24-17-12-18(30-3)20(31-4)21(32-5)19(17)22(29)25-23/h6-8,11-12,28H,9-10,13-14H2,1-5H3,(H,24,25,29). The van der Waals surface area contributed by atoms with Gasteiger partial charge in [-0.25, -0.2) is 0 Å². The molecule has 0 saturated carbocycles. The number of hydrogen-bond acceptors (Lipinski definition) is 8. The fraction of sp³-hybridized carbons (Fsp3) is 0.391. The van der Waals surface area contributed by atoms with Gasteiger partial charge >= 0.3 is 0 Å². The summed E-state index contributed by atoms with van der Waals surface area (Å²) in [5.74, 6) is 1.51. The zero-order chi connectivity index (χ0) is 23.3. The van der Waals surface area contributed by atoms with Crippen molar-refractivity contribution in [2.75, 3.05) is 53.5 Å². The summed E-state index contributed by atoms with van der Waals surface area (Å²) in [6.45, 7) is 2.03. The van der Waals surface area contributed by atoms with Crippen LogP contribution in [0.3, 0.4) is 0 Å². The zero-order valence-corrected chi connectivity index (χ0v) is 19.1. The van der Waals surface area contributed by atoms with Crippen LogP contribution in [-0.4, -0.2) is 68.6 Å². The third-order valence-corrected chi connectivity index (χ3v) is 5.20. The number of benzene rings is 2.